The first kappa shape index (κ1) is 24.7. The molecule has 0 bridgehead atoms. The van der Waals surface area contributed by atoms with Crippen molar-refractivity contribution in [2.45, 2.75) is 70.5 Å². The van der Waals surface area contributed by atoms with Gasteiger partial charge in [-0.25, -0.2) is 0 Å². The van der Waals surface area contributed by atoms with Crippen molar-refractivity contribution in [1.29, 1.82) is 0 Å². The number of thioether (sulfide) groups is 1. The number of amides is 1. The molecule has 1 aliphatic heterocycles. The first-order chi connectivity index (χ1) is 15.2. The Morgan fingerprint density at radius 3 is 2.44 bits per heavy atom. The Labute approximate surface area is 202 Å². The van der Waals surface area contributed by atoms with Crippen LogP contribution in [0, 0.1) is 0 Å². The number of hydrogen-bond donors (Lipinski definition) is 1. The van der Waals surface area contributed by atoms with E-state index in [1.165, 1.54) is 43.2 Å². The fraction of sp³-hybridized carbons (Fsp3) is 0.462. The first-order valence-electron chi connectivity index (χ1n) is 11.6. The van der Waals surface area contributed by atoms with Crippen LogP contribution in [-0.4, -0.2) is 33.8 Å². The van der Waals surface area contributed by atoms with E-state index in [9.17, 15) is 4.79 Å². The second kappa shape index (κ2) is 12.3. The van der Waals surface area contributed by atoms with E-state index in [-0.39, 0.29) is 24.4 Å². The molecule has 1 aliphatic carbocycles. The zero-order valence-electron chi connectivity index (χ0n) is 18.8. The van der Waals surface area contributed by atoms with Crippen molar-refractivity contribution in [1.82, 2.24) is 4.90 Å². The van der Waals surface area contributed by atoms with Crippen LogP contribution in [0.2, 0.25) is 0 Å². The molecule has 1 saturated heterocycles. The molecule has 32 heavy (non-hydrogen) atoms. The molecule has 0 spiro atoms. The molecule has 2 aromatic carbocycles. The molecule has 1 amide bonds. The number of nitrogens with one attached hydrogen (secondary N) is 1. The smallest absolute Gasteiger partial charge is 0.226 e. The Bertz CT molecular complexity index is 882. The predicted molar refractivity (Wildman–Crippen MR) is 139 cm³/mol. The quantitative estimate of drug-likeness (QED) is 0.514. The van der Waals surface area contributed by atoms with E-state index >= 15 is 0 Å². The molecule has 4 rings (SSSR count). The van der Waals surface area contributed by atoms with Gasteiger partial charge in [0.2, 0.25) is 5.91 Å². The summed E-state index contributed by atoms with van der Waals surface area (Å²) in [7, 11) is 0. The molecule has 4 nitrogen and oxygen atoms in total. The molecule has 2 fully saturated rings. The lowest BCUT2D eigenvalue weighted by molar-refractivity contribution is -0.116. The summed E-state index contributed by atoms with van der Waals surface area (Å²) >= 11 is 1.82. The lowest BCUT2D eigenvalue weighted by atomic mass is 9.96. The average Bonchev–Trinajstić information content (AvgIpc) is 3.16. The summed E-state index contributed by atoms with van der Waals surface area (Å²) in [6, 6.07) is 19.3. The molecule has 1 heterocycles. The highest BCUT2D eigenvalue weighted by Crippen LogP contribution is 2.31. The predicted octanol–water partition coefficient (Wildman–Crippen LogP) is 6.31. The van der Waals surface area contributed by atoms with Gasteiger partial charge in [0, 0.05) is 30.4 Å². The molecule has 1 unspecified atom stereocenters. The Morgan fingerprint density at radius 2 is 1.75 bits per heavy atom. The van der Waals surface area contributed by atoms with Crippen molar-refractivity contribution in [3.63, 3.8) is 0 Å². The summed E-state index contributed by atoms with van der Waals surface area (Å²) in [6.07, 6.45) is 7.79. The number of halogens is 1. The molecule has 6 heteroatoms. The molecule has 1 saturated carbocycles. The van der Waals surface area contributed by atoms with Crippen molar-refractivity contribution >= 4 is 40.9 Å². The molecule has 0 aromatic heterocycles. The molecule has 1 atom stereocenters. The van der Waals surface area contributed by atoms with Gasteiger partial charge in [-0.1, -0.05) is 80.4 Å². The highest BCUT2D eigenvalue weighted by Gasteiger charge is 2.32. The van der Waals surface area contributed by atoms with Crippen LogP contribution < -0.4 is 5.32 Å². The van der Waals surface area contributed by atoms with E-state index in [0.29, 0.717) is 12.5 Å². The van der Waals surface area contributed by atoms with E-state index in [4.69, 9.17) is 4.99 Å². The lowest BCUT2D eigenvalue weighted by Crippen LogP contribution is -2.37. The molecular weight excluding hydrogens is 438 g/mol. The van der Waals surface area contributed by atoms with Crippen LogP contribution in [0.1, 0.15) is 56.6 Å². The second-order valence-electron chi connectivity index (χ2n) is 8.58. The maximum Gasteiger partial charge on any atom is 0.226 e. The van der Waals surface area contributed by atoms with Gasteiger partial charge in [-0.2, -0.15) is 0 Å². The van der Waals surface area contributed by atoms with Gasteiger partial charge in [0.1, 0.15) is 0 Å². The highest BCUT2D eigenvalue weighted by atomic mass is 35.5. The molecule has 2 aliphatic rings. The molecular formula is C26H34ClN3OS. The SMILES string of the molecule is CCc1ccc(NC(=O)CC2CS/C(=N\C3CCCCC3)N2Cc2ccccc2)cc1.Cl. The van der Waals surface area contributed by atoms with Crippen LogP contribution in [0.5, 0.6) is 0 Å². The third-order valence-electron chi connectivity index (χ3n) is 6.22. The van der Waals surface area contributed by atoms with Gasteiger partial charge in [-0.05, 0) is 42.5 Å². The Morgan fingerprint density at radius 1 is 1.03 bits per heavy atom. The number of aryl methyl sites for hydroxylation is 1. The lowest BCUT2D eigenvalue weighted by Gasteiger charge is -2.27. The number of benzene rings is 2. The number of hydrogen-bond acceptors (Lipinski definition) is 3. The van der Waals surface area contributed by atoms with Gasteiger partial charge in [0.15, 0.2) is 5.17 Å². The second-order valence-corrected chi connectivity index (χ2v) is 9.57. The summed E-state index contributed by atoms with van der Waals surface area (Å²) in [5.41, 5.74) is 3.42. The van der Waals surface area contributed by atoms with Crippen molar-refractivity contribution < 1.29 is 4.79 Å². The molecule has 1 N–H and O–H groups in total. The largest absolute Gasteiger partial charge is 0.343 e. The minimum atomic E-state index is 0. The Kier molecular flexibility index (Phi) is 9.49. The molecule has 172 valence electrons. The Hall–Kier alpha value is -1.98. The summed E-state index contributed by atoms with van der Waals surface area (Å²) in [5.74, 6) is 0.993. The van der Waals surface area contributed by atoms with Crippen LogP contribution in [0.4, 0.5) is 5.69 Å². The fourth-order valence-corrected chi connectivity index (χ4v) is 5.62. The van der Waals surface area contributed by atoms with Crippen molar-refractivity contribution in [3.05, 3.63) is 65.7 Å². The zero-order valence-corrected chi connectivity index (χ0v) is 20.5. The number of carbonyl (C=O) groups excluding carboxylic acids is 1. The topological polar surface area (TPSA) is 44.7 Å². The summed E-state index contributed by atoms with van der Waals surface area (Å²) in [4.78, 5) is 20.3. The van der Waals surface area contributed by atoms with E-state index in [0.717, 1.165) is 29.6 Å². The van der Waals surface area contributed by atoms with E-state index in [2.05, 4.69) is 53.5 Å². The van der Waals surface area contributed by atoms with Crippen molar-refractivity contribution in [2.75, 3.05) is 11.1 Å². The van der Waals surface area contributed by atoms with Gasteiger partial charge in [0.05, 0.1) is 6.04 Å². The van der Waals surface area contributed by atoms with E-state index in [1.54, 1.807) is 0 Å². The van der Waals surface area contributed by atoms with Gasteiger partial charge < -0.3 is 10.2 Å². The number of aliphatic imine (C=N–C) groups is 1. The minimum Gasteiger partial charge on any atom is -0.343 e. The third-order valence-corrected chi connectivity index (χ3v) is 7.37. The summed E-state index contributed by atoms with van der Waals surface area (Å²) in [6.45, 7) is 2.95. The number of nitrogens with zero attached hydrogens (tertiary/aromatic N) is 2. The zero-order chi connectivity index (χ0) is 21.5. The van der Waals surface area contributed by atoms with Crippen LogP contribution in [0.15, 0.2) is 59.6 Å². The Balaban J connectivity index is 0.00000289. The molecule has 2 aromatic rings. The van der Waals surface area contributed by atoms with Gasteiger partial charge >= 0.3 is 0 Å². The summed E-state index contributed by atoms with van der Waals surface area (Å²) in [5, 5.41) is 4.21. The normalized spacial score (nSPS) is 20.2. The van der Waals surface area contributed by atoms with Crippen LogP contribution in [-0.2, 0) is 17.8 Å². The number of amidine groups is 1. The third kappa shape index (κ3) is 6.76. The number of rotatable bonds is 7. The van der Waals surface area contributed by atoms with Crippen LogP contribution >= 0.6 is 24.2 Å². The number of anilines is 1. The molecule has 0 radical (unpaired) electrons. The fourth-order valence-electron chi connectivity index (χ4n) is 4.37. The first-order valence-corrected chi connectivity index (χ1v) is 12.6. The maximum absolute atomic E-state index is 12.8. The van der Waals surface area contributed by atoms with Gasteiger partial charge in [-0.3, -0.25) is 9.79 Å². The average molecular weight is 472 g/mol. The van der Waals surface area contributed by atoms with Crippen LogP contribution in [0.3, 0.4) is 0 Å². The van der Waals surface area contributed by atoms with Crippen molar-refractivity contribution in [2.24, 2.45) is 4.99 Å². The monoisotopic (exact) mass is 471 g/mol. The number of carbonyl (C=O) groups is 1. The highest BCUT2D eigenvalue weighted by molar-refractivity contribution is 8.14. The van der Waals surface area contributed by atoms with E-state index in [1.807, 2.05) is 30.0 Å². The van der Waals surface area contributed by atoms with Crippen LogP contribution in [0.25, 0.3) is 0 Å². The van der Waals surface area contributed by atoms with Crippen molar-refractivity contribution in [3.8, 4) is 0 Å². The van der Waals surface area contributed by atoms with E-state index < -0.39 is 0 Å². The van der Waals surface area contributed by atoms with Gasteiger partial charge in [0.25, 0.3) is 0 Å². The maximum atomic E-state index is 12.8. The van der Waals surface area contributed by atoms with Gasteiger partial charge in [-0.15, -0.1) is 12.4 Å². The summed E-state index contributed by atoms with van der Waals surface area (Å²) < 4.78 is 0. The standard InChI is InChI=1S/C26H33N3OS.ClH/c1-2-20-13-15-23(16-14-20)27-25(30)17-24-19-31-26(28-22-11-7-4-8-12-22)29(24)18-21-9-5-3-6-10-21;/h3,5-6,9-10,13-16,22,24H,2,4,7-8,11-12,17-19H2,1H3,(H,27,30);1H/b28-26-;. The minimum absolute atomic E-state index is 0.